The van der Waals surface area contributed by atoms with Crippen LogP contribution < -0.4 is 10.5 Å². The van der Waals surface area contributed by atoms with Gasteiger partial charge in [-0.1, -0.05) is 6.07 Å². The Bertz CT molecular complexity index is 790. The number of halogens is 2. The fourth-order valence-corrected chi connectivity index (χ4v) is 3.71. The summed E-state index contributed by atoms with van der Waals surface area (Å²) in [5.41, 5.74) is 0.165. The molecule has 1 heterocycles. The molecule has 0 bridgehead atoms. The number of nitrogens with one attached hydrogen (secondary N) is 1. The second-order valence-electron chi connectivity index (χ2n) is 4.05. The molecule has 0 fully saturated rings. The Morgan fingerprint density at radius 3 is 2.67 bits per heavy atom. The zero-order valence-corrected chi connectivity index (χ0v) is 13.7. The Hall–Kier alpha value is -1.29. The number of primary sulfonamides is 1. The average Bonchev–Trinajstić information content (AvgIpc) is 2.88. The molecule has 3 N–H and O–H groups in total. The molecule has 2 aromatic rings. The molecule has 2 rings (SSSR count). The standard InChI is InChI=1S/C12H10BrFN2O3S2/c13-11-8(2-1-3-9(11)14)12(17)16-6-7-4-5-10(20-7)21(15,18)19/h1-5H,6H2,(H,16,17)(H2,15,18,19). The second-order valence-corrected chi connectivity index (χ2v) is 7.80. The van der Waals surface area contributed by atoms with Crippen LogP contribution in [0.2, 0.25) is 0 Å². The Morgan fingerprint density at radius 1 is 1.33 bits per heavy atom. The summed E-state index contributed by atoms with van der Waals surface area (Å²) in [4.78, 5) is 12.6. The molecular weight excluding hydrogens is 383 g/mol. The number of sulfonamides is 1. The summed E-state index contributed by atoms with van der Waals surface area (Å²) >= 11 is 3.98. The van der Waals surface area contributed by atoms with Crippen LogP contribution in [0.3, 0.4) is 0 Å². The van der Waals surface area contributed by atoms with Gasteiger partial charge in [-0.05, 0) is 40.2 Å². The SMILES string of the molecule is NS(=O)(=O)c1ccc(CNC(=O)c2cccc(F)c2Br)s1. The van der Waals surface area contributed by atoms with Gasteiger partial charge in [0.15, 0.2) is 0 Å². The molecule has 1 aromatic heterocycles. The summed E-state index contributed by atoms with van der Waals surface area (Å²) < 4.78 is 35.7. The molecule has 0 saturated carbocycles. The molecule has 112 valence electrons. The van der Waals surface area contributed by atoms with E-state index in [-0.39, 0.29) is 20.8 Å². The van der Waals surface area contributed by atoms with E-state index in [9.17, 15) is 17.6 Å². The summed E-state index contributed by atoms with van der Waals surface area (Å²) in [6.45, 7) is 0.127. The first kappa shape index (κ1) is 16.1. The third-order valence-electron chi connectivity index (χ3n) is 2.54. The van der Waals surface area contributed by atoms with Crippen molar-refractivity contribution in [3.63, 3.8) is 0 Å². The molecule has 0 aliphatic rings. The lowest BCUT2D eigenvalue weighted by atomic mass is 10.2. The quantitative estimate of drug-likeness (QED) is 0.835. The van der Waals surface area contributed by atoms with Crippen LogP contribution in [0.25, 0.3) is 0 Å². The lowest BCUT2D eigenvalue weighted by Gasteiger charge is -2.06. The van der Waals surface area contributed by atoms with E-state index < -0.39 is 21.7 Å². The fraction of sp³-hybridized carbons (Fsp3) is 0.0833. The van der Waals surface area contributed by atoms with E-state index >= 15 is 0 Å². The molecule has 1 amide bonds. The number of carbonyl (C=O) groups is 1. The smallest absolute Gasteiger partial charge is 0.252 e. The summed E-state index contributed by atoms with van der Waals surface area (Å²) in [5, 5.41) is 7.59. The monoisotopic (exact) mass is 392 g/mol. The number of amides is 1. The van der Waals surface area contributed by atoms with Crippen molar-refractivity contribution in [2.75, 3.05) is 0 Å². The van der Waals surface area contributed by atoms with E-state index in [1.54, 1.807) is 6.07 Å². The van der Waals surface area contributed by atoms with E-state index in [1.807, 2.05) is 0 Å². The Morgan fingerprint density at radius 2 is 2.05 bits per heavy atom. The van der Waals surface area contributed by atoms with Gasteiger partial charge in [0.25, 0.3) is 5.91 Å². The molecular formula is C12H10BrFN2O3S2. The van der Waals surface area contributed by atoms with Crippen molar-refractivity contribution in [2.45, 2.75) is 10.8 Å². The number of rotatable bonds is 4. The van der Waals surface area contributed by atoms with Crippen LogP contribution in [0.1, 0.15) is 15.2 Å². The van der Waals surface area contributed by atoms with Crippen LogP contribution in [-0.4, -0.2) is 14.3 Å². The molecule has 0 spiro atoms. The Balaban J connectivity index is 2.08. The number of nitrogens with two attached hydrogens (primary N) is 1. The highest BCUT2D eigenvalue weighted by Crippen LogP contribution is 2.22. The highest BCUT2D eigenvalue weighted by atomic mass is 79.9. The molecule has 0 saturated heterocycles. The van der Waals surface area contributed by atoms with Crippen molar-refractivity contribution in [2.24, 2.45) is 5.14 Å². The molecule has 5 nitrogen and oxygen atoms in total. The third-order valence-corrected chi connectivity index (χ3v) is 5.87. The summed E-state index contributed by atoms with van der Waals surface area (Å²) in [6.07, 6.45) is 0. The number of benzene rings is 1. The lowest BCUT2D eigenvalue weighted by Crippen LogP contribution is -2.22. The van der Waals surface area contributed by atoms with Crippen LogP contribution >= 0.6 is 27.3 Å². The maximum absolute atomic E-state index is 13.3. The van der Waals surface area contributed by atoms with Crippen LogP contribution in [0, 0.1) is 5.82 Å². The highest BCUT2D eigenvalue weighted by Gasteiger charge is 2.14. The molecule has 0 radical (unpaired) electrons. The minimum atomic E-state index is -3.74. The van der Waals surface area contributed by atoms with Gasteiger partial charge < -0.3 is 5.32 Å². The lowest BCUT2D eigenvalue weighted by molar-refractivity contribution is 0.0950. The maximum Gasteiger partial charge on any atom is 0.252 e. The molecule has 0 aliphatic heterocycles. The van der Waals surface area contributed by atoms with Gasteiger partial charge in [0, 0.05) is 4.88 Å². The zero-order chi connectivity index (χ0) is 15.6. The van der Waals surface area contributed by atoms with Gasteiger partial charge in [-0.25, -0.2) is 17.9 Å². The predicted molar refractivity (Wildman–Crippen MR) is 81.0 cm³/mol. The van der Waals surface area contributed by atoms with E-state index in [0.29, 0.717) is 4.88 Å². The van der Waals surface area contributed by atoms with Crippen molar-refractivity contribution in [3.8, 4) is 0 Å². The fourth-order valence-electron chi connectivity index (χ4n) is 1.55. The van der Waals surface area contributed by atoms with Gasteiger partial charge in [-0.3, -0.25) is 4.79 Å². The highest BCUT2D eigenvalue weighted by molar-refractivity contribution is 9.10. The molecule has 9 heteroatoms. The molecule has 0 aliphatic carbocycles. The largest absolute Gasteiger partial charge is 0.347 e. The van der Waals surface area contributed by atoms with Gasteiger partial charge in [-0.2, -0.15) is 0 Å². The van der Waals surface area contributed by atoms with E-state index in [2.05, 4.69) is 21.2 Å². The normalized spacial score (nSPS) is 11.4. The summed E-state index contributed by atoms with van der Waals surface area (Å²) in [7, 11) is -3.74. The average molecular weight is 393 g/mol. The Kier molecular flexibility index (Phi) is 4.77. The van der Waals surface area contributed by atoms with Crippen molar-refractivity contribution in [1.29, 1.82) is 0 Å². The number of hydrogen-bond donors (Lipinski definition) is 2. The second kappa shape index (κ2) is 6.22. The van der Waals surface area contributed by atoms with Crippen LogP contribution in [0.4, 0.5) is 4.39 Å². The van der Waals surface area contributed by atoms with Crippen LogP contribution in [-0.2, 0) is 16.6 Å². The van der Waals surface area contributed by atoms with E-state index in [1.165, 1.54) is 24.3 Å². The Labute approximate surface area is 133 Å². The molecule has 0 atom stereocenters. The van der Waals surface area contributed by atoms with Gasteiger partial charge in [0.05, 0.1) is 16.6 Å². The molecule has 0 unspecified atom stereocenters. The number of hydrogen-bond acceptors (Lipinski definition) is 4. The van der Waals surface area contributed by atoms with Crippen molar-refractivity contribution < 1.29 is 17.6 Å². The van der Waals surface area contributed by atoms with Gasteiger partial charge >= 0.3 is 0 Å². The van der Waals surface area contributed by atoms with E-state index in [4.69, 9.17) is 5.14 Å². The van der Waals surface area contributed by atoms with Crippen LogP contribution in [0.15, 0.2) is 39.0 Å². The van der Waals surface area contributed by atoms with Crippen molar-refractivity contribution in [3.05, 3.63) is 51.1 Å². The summed E-state index contributed by atoms with van der Waals surface area (Å²) in [6, 6.07) is 7.08. The number of carbonyl (C=O) groups excluding carboxylic acids is 1. The number of thiophene rings is 1. The third kappa shape index (κ3) is 3.88. The first-order valence-electron chi connectivity index (χ1n) is 5.63. The maximum atomic E-state index is 13.3. The zero-order valence-electron chi connectivity index (χ0n) is 10.5. The molecule has 21 heavy (non-hydrogen) atoms. The van der Waals surface area contributed by atoms with Gasteiger partial charge in [0.1, 0.15) is 10.0 Å². The minimum absolute atomic E-state index is 0.0266. The van der Waals surface area contributed by atoms with Crippen molar-refractivity contribution >= 4 is 43.2 Å². The van der Waals surface area contributed by atoms with E-state index in [0.717, 1.165) is 11.3 Å². The minimum Gasteiger partial charge on any atom is -0.347 e. The predicted octanol–water partition coefficient (Wildman–Crippen LogP) is 2.23. The van der Waals surface area contributed by atoms with Gasteiger partial charge in [-0.15, -0.1) is 11.3 Å². The topological polar surface area (TPSA) is 89.3 Å². The first-order chi connectivity index (χ1) is 9.79. The molecule has 1 aromatic carbocycles. The van der Waals surface area contributed by atoms with Gasteiger partial charge in [0.2, 0.25) is 10.0 Å². The van der Waals surface area contributed by atoms with Crippen molar-refractivity contribution in [1.82, 2.24) is 5.32 Å². The first-order valence-corrected chi connectivity index (χ1v) is 8.78. The summed E-state index contributed by atoms with van der Waals surface area (Å²) in [5.74, 6) is -0.998. The van der Waals surface area contributed by atoms with Crippen LogP contribution in [0.5, 0.6) is 0 Å².